The van der Waals surface area contributed by atoms with Gasteiger partial charge < -0.3 is 9.15 Å². The molecule has 0 N–H and O–H groups in total. The molecule has 0 aliphatic heterocycles. The van der Waals surface area contributed by atoms with Crippen molar-refractivity contribution in [2.75, 3.05) is 7.11 Å². The van der Waals surface area contributed by atoms with Gasteiger partial charge in [-0.3, -0.25) is 9.36 Å². The van der Waals surface area contributed by atoms with Gasteiger partial charge in [0.25, 0.3) is 5.56 Å². The van der Waals surface area contributed by atoms with Gasteiger partial charge in [-0.15, -0.1) is 11.3 Å². The van der Waals surface area contributed by atoms with Gasteiger partial charge >= 0.3 is 5.97 Å². The molecule has 3 aromatic heterocycles. The summed E-state index contributed by atoms with van der Waals surface area (Å²) in [5.41, 5.74) is 4.11. The highest BCUT2D eigenvalue weighted by Gasteiger charge is 2.16. The Morgan fingerprint density at radius 3 is 2.79 bits per heavy atom. The summed E-state index contributed by atoms with van der Waals surface area (Å²) in [6, 6.07) is 9.35. The molecule has 28 heavy (non-hydrogen) atoms. The third-order valence-electron chi connectivity index (χ3n) is 4.75. The van der Waals surface area contributed by atoms with E-state index in [2.05, 4.69) is 35.7 Å². The Hall–Kier alpha value is -3.19. The summed E-state index contributed by atoms with van der Waals surface area (Å²) in [7, 11) is 1.29. The molecule has 0 atom stereocenters. The van der Waals surface area contributed by atoms with Crippen molar-refractivity contribution in [1.82, 2.24) is 9.55 Å². The molecule has 0 unspecified atom stereocenters. The van der Waals surface area contributed by atoms with E-state index in [0.717, 1.165) is 11.1 Å². The number of thiophene rings is 1. The van der Waals surface area contributed by atoms with E-state index in [9.17, 15) is 9.59 Å². The smallest absolute Gasteiger partial charge is 0.373 e. The third kappa shape index (κ3) is 3.14. The summed E-state index contributed by atoms with van der Waals surface area (Å²) < 4.78 is 11.6. The predicted octanol–water partition coefficient (Wildman–Crippen LogP) is 4.17. The summed E-state index contributed by atoms with van der Waals surface area (Å²) in [5, 5.41) is 2.56. The van der Waals surface area contributed by atoms with E-state index < -0.39 is 5.97 Å². The lowest BCUT2D eigenvalue weighted by atomic mass is 10.0. The molecule has 0 saturated heterocycles. The Bertz CT molecular complexity index is 1250. The van der Waals surface area contributed by atoms with E-state index in [1.54, 1.807) is 6.07 Å². The molecule has 0 aliphatic rings. The van der Waals surface area contributed by atoms with Gasteiger partial charge in [0.05, 0.1) is 25.4 Å². The Labute approximate surface area is 165 Å². The van der Waals surface area contributed by atoms with Crippen LogP contribution in [0, 0.1) is 13.8 Å². The van der Waals surface area contributed by atoms with Crippen molar-refractivity contribution in [3.8, 4) is 11.1 Å². The molecule has 1 aromatic carbocycles. The summed E-state index contributed by atoms with van der Waals surface area (Å²) in [6.07, 6.45) is 1.51. The maximum Gasteiger partial charge on any atom is 0.373 e. The molecule has 142 valence electrons. The van der Waals surface area contributed by atoms with E-state index in [1.165, 1.54) is 46.5 Å². The van der Waals surface area contributed by atoms with E-state index in [1.807, 2.05) is 11.4 Å². The second-order valence-corrected chi connectivity index (χ2v) is 7.42. The minimum absolute atomic E-state index is 0.103. The van der Waals surface area contributed by atoms with Crippen LogP contribution in [0.3, 0.4) is 0 Å². The summed E-state index contributed by atoms with van der Waals surface area (Å²) in [6.45, 7) is 4.30. The van der Waals surface area contributed by atoms with Crippen LogP contribution in [0.1, 0.15) is 27.4 Å². The molecule has 0 amide bonds. The van der Waals surface area contributed by atoms with Crippen molar-refractivity contribution in [1.29, 1.82) is 0 Å². The SMILES string of the molecule is COC(=O)c1ccc(Cn2cnc3scc(-c4ccc(C)c(C)c4)c3c2=O)o1. The number of fused-ring (bicyclic) bond motifs is 1. The molecule has 7 heteroatoms. The van der Waals surface area contributed by atoms with Gasteiger partial charge in [-0.1, -0.05) is 18.2 Å². The van der Waals surface area contributed by atoms with Crippen LogP contribution in [-0.2, 0) is 11.3 Å². The van der Waals surface area contributed by atoms with Crippen molar-refractivity contribution in [3.05, 3.63) is 75.0 Å². The predicted molar refractivity (Wildman–Crippen MR) is 108 cm³/mol. The van der Waals surface area contributed by atoms with E-state index >= 15 is 0 Å². The maximum absolute atomic E-state index is 13.1. The Kier molecular flexibility index (Phi) is 4.60. The first-order valence-electron chi connectivity index (χ1n) is 8.69. The van der Waals surface area contributed by atoms with E-state index in [4.69, 9.17) is 4.42 Å². The number of hydrogen-bond acceptors (Lipinski definition) is 6. The highest BCUT2D eigenvalue weighted by Crippen LogP contribution is 2.31. The van der Waals surface area contributed by atoms with E-state index in [-0.39, 0.29) is 17.9 Å². The zero-order chi connectivity index (χ0) is 19.8. The molecule has 0 fully saturated rings. The van der Waals surface area contributed by atoms with Crippen LogP contribution in [0.4, 0.5) is 0 Å². The molecule has 0 saturated carbocycles. The van der Waals surface area contributed by atoms with Crippen LogP contribution < -0.4 is 5.56 Å². The van der Waals surface area contributed by atoms with Crippen LogP contribution in [0.2, 0.25) is 0 Å². The maximum atomic E-state index is 13.1. The number of aromatic nitrogens is 2. The topological polar surface area (TPSA) is 74.3 Å². The summed E-state index contributed by atoms with van der Waals surface area (Å²) >= 11 is 1.45. The largest absolute Gasteiger partial charge is 0.463 e. The fraction of sp³-hybridized carbons (Fsp3) is 0.190. The zero-order valence-corrected chi connectivity index (χ0v) is 16.5. The van der Waals surface area contributed by atoms with Crippen molar-refractivity contribution in [2.24, 2.45) is 0 Å². The van der Waals surface area contributed by atoms with Crippen molar-refractivity contribution in [2.45, 2.75) is 20.4 Å². The first-order valence-corrected chi connectivity index (χ1v) is 9.57. The van der Waals surface area contributed by atoms with Crippen LogP contribution in [-0.4, -0.2) is 22.6 Å². The van der Waals surface area contributed by atoms with Crippen LogP contribution in [0.5, 0.6) is 0 Å². The Balaban J connectivity index is 1.76. The standard InChI is InChI=1S/C21H18N2O4S/c1-12-4-5-14(8-13(12)2)16-10-28-19-18(16)20(24)23(11-22-19)9-15-6-7-17(27-15)21(25)26-3/h4-8,10-11H,9H2,1-3H3. The first-order chi connectivity index (χ1) is 13.5. The second kappa shape index (κ2) is 7.09. The number of carbonyl (C=O) groups excluding carboxylic acids is 1. The van der Waals surface area contributed by atoms with Gasteiger partial charge in [0, 0.05) is 10.9 Å². The molecule has 0 radical (unpaired) electrons. The number of rotatable bonds is 4. The quantitative estimate of drug-likeness (QED) is 0.486. The number of ether oxygens (including phenoxy) is 1. The third-order valence-corrected chi connectivity index (χ3v) is 5.64. The molecule has 4 rings (SSSR count). The summed E-state index contributed by atoms with van der Waals surface area (Å²) in [4.78, 5) is 29.8. The minimum atomic E-state index is -0.554. The lowest BCUT2D eigenvalue weighted by Crippen LogP contribution is -2.20. The van der Waals surface area contributed by atoms with Crippen molar-refractivity contribution < 1.29 is 13.9 Å². The molecule has 0 bridgehead atoms. The van der Waals surface area contributed by atoms with E-state index in [0.29, 0.717) is 16.0 Å². The number of aryl methyl sites for hydroxylation is 2. The van der Waals surface area contributed by atoms with Crippen LogP contribution >= 0.6 is 11.3 Å². The van der Waals surface area contributed by atoms with Crippen molar-refractivity contribution in [3.63, 3.8) is 0 Å². The summed E-state index contributed by atoms with van der Waals surface area (Å²) in [5.74, 6) is 0.0274. The van der Waals surface area contributed by atoms with Crippen molar-refractivity contribution >= 4 is 27.5 Å². The highest BCUT2D eigenvalue weighted by atomic mass is 32.1. The minimum Gasteiger partial charge on any atom is -0.463 e. The van der Waals surface area contributed by atoms with Crippen LogP contribution in [0.25, 0.3) is 21.3 Å². The highest BCUT2D eigenvalue weighted by molar-refractivity contribution is 7.17. The van der Waals surface area contributed by atoms with Gasteiger partial charge in [0.15, 0.2) is 0 Å². The molecule has 3 heterocycles. The fourth-order valence-electron chi connectivity index (χ4n) is 3.04. The zero-order valence-electron chi connectivity index (χ0n) is 15.7. The molecular weight excluding hydrogens is 376 g/mol. The number of hydrogen-bond donors (Lipinski definition) is 0. The molecule has 6 nitrogen and oxygen atoms in total. The van der Waals surface area contributed by atoms with Gasteiger partial charge in [-0.25, -0.2) is 9.78 Å². The lowest BCUT2D eigenvalue weighted by Gasteiger charge is -2.06. The lowest BCUT2D eigenvalue weighted by molar-refractivity contribution is 0.0563. The Morgan fingerprint density at radius 1 is 1.21 bits per heavy atom. The fourth-order valence-corrected chi connectivity index (χ4v) is 3.95. The number of methoxy groups -OCH3 is 1. The molecular formula is C21H18N2O4S. The number of furan rings is 1. The molecule has 4 aromatic rings. The normalized spacial score (nSPS) is 11.1. The second-order valence-electron chi connectivity index (χ2n) is 6.56. The molecule has 0 aliphatic carbocycles. The van der Waals surface area contributed by atoms with Gasteiger partial charge in [-0.05, 0) is 42.7 Å². The average Bonchev–Trinajstić information content (AvgIpc) is 3.33. The monoisotopic (exact) mass is 394 g/mol. The number of carbonyl (C=O) groups is 1. The van der Waals surface area contributed by atoms with Gasteiger partial charge in [0.1, 0.15) is 10.6 Å². The van der Waals surface area contributed by atoms with Gasteiger partial charge in [0.2, 0.25) is 5.76 Å². The number of benzene rings is 1. The average molecular weight is 394 g/mol. The first kappa shape index (κ1) is 18.2. The Morgan fingerprint density at radius 2 is 2.04 bits per heavy atom. The number of nitrogens with zero attached hydrogens (tertiary/aromatic N) is 2. The molecule has 0 spiro atoms. The van der Waals surface area contributed by atoms with Crippen LogP contribution in [0.15, 0.2) is 51.3 Å². The number of esters is 1. The van der Waals surface area contributed by atoms with Gasteiger partial charge in [-0.2, -0.15) is 0 Å².